The smallest absolute Gasteiger partial charge is 0.315 e. The molecule has 0 bridgehead atoms. The fraction of sp³-hybridized carbons (Fsp3) is 0.312. The second kappa shape index (κ2) is 9.30. The molecule has 26 heavy (non-hydrogen) atoms. The molecule has 1 unspecified atom stereocenters. The van der Waals surface area contributed by atoms with Crippen molar-refractivity contribution in [2.45, 2.75) is 19.1 Å². The van der Waals surface area contributed by atoms with Crippen LogP contribution in [-0.2, 0) is 14.3 Å². The van der Waals surface area contributed by atoms with E-state index < -0.39 is 10.2 Å². The molecule has 0 radical (unpaired) electrons. The number of nitrogens with one attached hydrogen (secondary N) is 1. The Morgan fingerprint density at radius 2 is 2.23 bits per heavy atom. The van der Waals surface area contributed by atoms with Crippen molar-refractivity contribution in [3.05, 3.63) is 39.8 Å². The van der Waals surface area contributed by atoms with Crippen molar-refractivity contribution in [3.8, 4) is 11.3 Å². The summed E-state index contributed by atoms with van der Waals surface area (Å²) in [7, 11) is 0. The number of anilines is 1. The van der Waals surface area contributed by atoms with Crippen LogP contribution < -0.4 is 5.32 Å². The van der Waals surface area contributed by atoms with E-state index in [2.05, 4.69) is 10.3 Å². The van der Waals surface area contributed by atoms with Gasteiger partial charge in [-0.05, 0) is 13.8 Å². The number of non-ortho nitro benzene ring substituents is 1. The molecule has 0 aliphatic heterocycles. The van der Waals surface area contributed by atoms with E-state index in [1.807, 2.05) is 0 Å². The Balaban J connectivity index is 1.97. The molecule has 0 saturated carbocycles. The van der Waals surface area contributed by atoms with Gasteiger partial charge in [-0.25, -0.2) is 4.98 Å². The van der Waals surface area contributed by atoms with Gasteiger partial charge in [0.15, 0.2) is 5.13 Å². The molecule has 1 aromatic carbocycles. The molecule has 8 nitrogen and oxygen atoms in total. The molecule has 1 N–H and O–H groups in total. The number of nitrogens with zero attached hydrogens (tertiary/aromatic N) is 2. The normalized spacial score (nSPS) is 11.6. The van der Waals surface area contributed by atoms with Crippen molar-refractivity contribution in [3.63, 3.8) is 0 Å². The number of hydrogen-bond donors (Lipinski definition) is 1. The first-order valence-electron chi connectivity index (χ1n) is 7.69. The van der Waals surface area contributed by atoms with Gasteiger partial charge in [0, 0.05) is 23.1 Å². The highest BCUT2D eigenvalue weighted by Crippen LogP contribution is 2.27. The van der Waals surface area contributed by atoms with Crippen LogP contribution in [0.3, 0.4) is 0 Å². The highest BCUT2D eigenvalue weighted by atomic mass is 32.2. The Morgan fingerprint density at radius 3 is 2.92 bits per heavy atom. The Morgan fingerprint density at radius 1 is 1.46 bits per heavy atom. The lowest BCUT2D eigenvalue weighted by molar-refractivity contribution is -0.384. The third-order valence-electron chi connectivity index (χ3n) is 3.21. The summed E-state index contributed by atoms with van der Waals surface area (Å²) in [5.41, 5.74) is 1.12. The number of carbonyl (C=O) groups excluding carboxylic acids is 2. The van der Waals surface area contributed by atoms with E-state index >= 15 is 0 Å². The van der Waals surface area contributed by atoms with Crippen LogP contribution in [0.5, 0.6) is 0 Å². The van der Waals surface area contributed by atoms with Crippen molar-refractivity contribution in [2.24, 2.45) is 0 Å². The minimum Gasteiger partial charge on any atom is -0.465 e. The van der Waals surface area contributed by atoms with E-state index in [-0.39, 0.29) is 23.3 Å². The molecule has 138 valence electrons. The van der Waals surface area contributed by atoms with Crippen molar-refractivity contribution in [1.82, 2.24) is 4.98 Å². The summed E-state index contributed by atoms with van der Waals surface area (Å²) in [5, 5.41) is 15.2. The molecule has 0 saturated heterocycles. The SMILES string of the molecule is CCOC(=O)CSC(C)C(=O)Nc1nc(-c2cccc([N+](=O)[O-])c2)cs1. The van der Waals surface area contributed by atoms with Crippen molar-refractivity contribution < 1.29 is 19.2 Å². The number of thiazole rings is 1. The first-order valence-corrected chi connectivity index (χ1v) is 9.62. The van der Waals surface area contributed by atoms with E-state index in [4.69, 9.17) is 4.74 Å². The number of aromatic nitrogens is 1. The van der Waals surface area contributed by atoms with Crippen molar-refractivity contribution >= 4 is 45.8 Å². The summed E-state index contributed by atoms with van der Waals surface area (Å²) in [5.74, 6) is -0.544. The van der Waals surface area contributed by atoms with Gasteiger partial charge in [0.05, 0.1) is 28.2 Å². The maximum Gasteiger partial charge on any atom is 0.315 e. The fourth-order valence-electron chi connectivity index (χ4n) is 1.92. The maximum atomic E-state index is 12.2. The minimum atomic E-state index is -0.471. The molecule has 2 rings (SSSR count). The van der Waals surface area contributed by atoms with Gasteiger partial charge in [0.2, 0.25) is 5.91 Å². The average molecular weight is 395 g/mol. The van der Waals surface area contributed by atoms with Gasteiger partial charge in [-0.3, -0.25) is 19.7 Å². The number of rotatable bonds is 8. The average Bonchev–Trinajstić information content (AvgIpc) is 3.08. The standard InChI is InChI=1S/C16H17N3O5S2/c1-3-24-14(20)9-25-10(2)15(21)18-16-17-13(8-26-16)11-5-4-6-12(7-11)19(22)23/h4-8,10H,3,9H2,1-2H3,(H,17,18,21). The van der Waals surface area contributed by atoms with Gasteiger partial charge >= 0.3 is 5.97 Å². The number of benzene rings is 1. The quantitative estimate of drug-likeness (QED) is 0.414. The molecule has 0 aliphatic rings. The predicted molar refractivity (Wildman–Crippen MR) is 101 cm³/mol. The predicted octanol–water partition coefficient (Wildman–Crippen LogP) is 3.34. The number of hydrogen-bond acceptors (Lipinski definition) is 8. The number of nitro benzene ring substituents is 1. The third kappa shape index (κ3) is 5.53. The molecule has 10 heteroatoms. The molecule has 0 aliphatic carbocycles. The van der Waals surface area contributed by atoms with Gasteiger partial charge in [-0.15, -0.1) is 23.1 Å². The fourth-order valence-corrected chi connectivity index (χ4v) is 3.32. The molecule has 1 aromatic heterocycles. The highest BCUT2D eigenvalue weighted by Gasteiger charge is 2.17. The van der Waals surface area contributed by atoms with E-state index in [1.54, 1.807) is 31.4 Å². The monoisotopic (exact) mass is 395 g/mol. The third-order valence-corrected chi connectivity index (χ3v) is 5.09. The van der Waals surface area contributed by atoms with Crippen molar-refractivity contribution in [1.29, 1.82) is 0 Å². The summed E-state index contributed by atoms with van der Waals surface area (Å²) in [4.78, 5) is 38.2. The number of carbonyl (C=O) groups is 2. The first-order chi connectivity index (χ1) is 12.4. The Hall–Kier alpha value is -2.46. The second-order valence-corrected chi connectivity index (χ2v) is 7.28. The van der Waals surface area contributed by atoms with Crippen molar-refractivity contribution in [2.75, 3.05) is 17.7 Å². The van der Waals surface area contributed by atoms with Crippen LogP contribution in [0.25, 0.3) is 11.3 Å². The zero-order chi connectivity index (χ0) is 19.1. The molecule has 1 heterocycles. The number of esters is 1. The lowest BCUT2D eigenvalue weighted by Crippen LogP contribution is -2.24. The molecule has 0 fully saturated rings. The molecule has 0 spiro atoms. The van der Waals surface area contributed by atoms with Crippen LogP contribution in [0.15, 0.2) is 29.6 Å². The molecular weight excluding hydrogens is 378 g/mol. The van der Waals surface area contributed by atoms with E-state index in [9.17, 15) is 19.7 Å². The zero-order valence-electron chi connectivity index (χ0n) is 14.1. The van der Waals surface area contributed by atoms with Crippen LogP contribution in [0.1, 0.15) is 13.8 Å². The lowest BCUT2D eigenvalue weighted by atomic mass is 10.1. The molecular formula is C16H17N3O5S2. The summed E-state index contributed by atoms with van der Waals surface area (Å²) >= 11 is 2.40. The summed E-state index contributed by atoms with van der Waals surface area (Å²) in [6.45, 7) is 3.72. The second-order valence-electron chi connectivity index (χ2n) is 5.09. The van der Waals surface area contributed by atoms with Gasteiger partial charge < -0.3 is 10.1 Å². The minimum absolute atomic E-state index is 0.0231. The topological polar surface area (TPSA) is 111 Å². The van der Waals surface area contributed by atoms with E-state index in [0.29, 0.717) is 23.0 Å². The molecule has 1 amide bonds. The maximum absolute atomic E-state index is 12.2. The van der Waals surface area contributed by atoms with Gasteiger partial charge in [0.1, 0.15) is 0 Å². The van der Waals surface area contributed by atoms with Crippen LogP contribution in [0.2, 0.25) is 0 Å². The summed E-state index contributed by atoms with van der Waals surface area (Å²) in [6, 6.07) is 6.13. The largest absolute Gasteiger partial charge is 0.465 e. The van der Waals surface area contributed by atoms with E-state index in [1.165, 1.54) is 35.2 Å². The first kappa shape index (κ1) is 19.9. The highest BCUT2D eigenvalue weighted by molar-refractivity contribution is 8.01. The lowest BCUT2D eigenvalue weighted by Gasteiger charge is -2.09. The Labute approximate surface area is 158 Å². The Kier molecular flexibility index (Phi) is 7.10. The number of nitro groups is 1. The zero-order valence-corrected chi connectivity index (χ0v) is 15.8. The van der Waals surface area contributed by atoms with Gasteiger partial charge in [-0.2, -0.15) is 0 Å². The van der Waals surface area contributed by atoms with Crippen LogP contribution in [-0.4, -0.2) is 39.4 Å². The van der Waals surface area contributed by atoms with Crippen LogP contribution in [0, 0.1) is 10.1 Å². The number of amides is 1. The van der Waals surface area contributed by atoms with E-state index in [0.717, 1.165) is 0 Å². The molecule has 2 aromatic rings. The number of thioether (sulfide) groups is 1. The Bertz CT molecular complexity index is 809. The summed E-state index contributed by atoms with van der Waals surface area (Å²) in [6.07, 6.45) is 0. The van der Waals surface area contributed by atoms with Gasteiger partial charge in [0.25, 0.3) is 5.69 Å². The van der Waals surface area contributed by atoms with Gasteiger partial charge in [-0.1, -0.05) is 12.1 Å². The molecule has 1 atom stereocenters. The number of ether oxygens (including phenoxy) is 1. The van der Waals surface area contributed by atoms with Crippen LogP contribution >= 0.6 is 23.1 Å². The summed E-state index contributed by atoms with van der Waals surface area (Å²) < 4.78 is 4.82. The van der Waals surface area contributed by atoms with Crippen LogP contribution in [0.4, 0.5) is 10.8 Å².